The molecule has 0 unspecified atom stereocenters. The zero-order valence-corrected chi connectivity index (χ0v) is 23.5. The van der Waals surface area contributed by atoms with E-state index < -0.39 is 0 Å². The fraction of sp³-hybridized carbons (Fsp3) is 0.407. The van der Waals surface area contributed by atoms with E-state index in [0.29, 0.717) is 19.6 Å². The third-order valence-corrected chi connectivity index (χ3v) is 7.67. The van der Waals surface area contributed by atoms with E-state index in [0.717, 1.165) is 69.2 Å². The molecule has 0 saturated heterocycles. The van der Waals surface area contributed by atoms with Gasteiger partial charge in [-0.15, -0.1) is 20.4 Å². The van der Waals surface area contributed by atoms with Crippen LogP contribution >= 0.6 is 23.5 Å². The van der Waals surface area contributed by atoms with Gasteiger partial charge in [-0.25, -0.2) is 0 Å². The van der Waals surface area contributed by atoms with Crippen LogP contribution in [0.3, 0.4) is 0 Å². The van der Waals surface area contributed by atoms with Crippen LogP contribution in [0.4, 0.5) is 0 Å². The molecule has 196 valence electrons. The van der Waals surface area contributed by atoms with E-state index in [-0.39, 0.29) is 0 Å². The Balaban J connectivity index is 1.72. The molecule has 0 spiro atoms. The summed E-state index contributed by atoms with van der Waals surface area (Å²) in [5.41, 5.74) is 1.99. The molecule has 0 radical (unpaired) electrons. The maximum Gasteiger partial charge on any atom is 0.195 e. The summed E-state index contributed by atoms with van der Waals surface area (Å²) in [5.74, 6) is 5.25. The van der Waals surface area contributed by atoms with E-state index in [1.807, 2.05) is 62.4 Å². The third-order valence-electron chi connectivity index (χ3n) is 5.40. The van der Waals surface area contributed by atoms with Crippen molar-refractivity contribution in [3.63, 3.8) is 0 Å². The SMILES string of the molecule is CCCSc1nnc(Cc2nnc(SCCC)n2-c2ccc(OCC)cc2)n1-c1ccc(OCC)cc1. The third kappa shape index (κ3) is 6.67. The summed E-state index contributed by atoms with van der Waals surface area (Å²) in [7, 11) is 0. The fourth-order valence-corrected chi connectivity index (χ4v) is 5.43. The van der Waals surface area contributed by atoms with E-state index in [2.05, 4.69) is 43.4 Å². The number of rotatable bonds is 14. The van der Waals surface area contributed by atoms with E-state index in [1.165, 1.54) is 0 Å². The van der Waals surface area contributed by atoms with Crippen LogP contribution in [0.5, 0.6) is 11.5 Å². The van der Waals surface area contributed by atoms with Crippen molar-refractivity contribution in [2.24, 2.45) is 0 Å². The van der Waals surface area contributed by atoms with Crippen molar-refractivity contribution >= 4 is 23.5 Å². The van der Waals surface area contributed by atoms with Crippen LogP contribution in [0.25, 0.3) is 11.4 Å². The molecule has 4 aromatic rings. The van der Waals surface area contributed by atoms with E-state index >= 15 is 0 Å². The molecule has 2 heterocycles. The quantitative estimate of drug-likeness (QED) is 0.175. The number of hydrogen-bond donors (Lipinski definition) is 0. The van der Waals surface area contributed by atoms with Gasteiger partial charge in [0.15, 0.2) is 10.3 Å². The Kier molecular flexibility index (Phi) is 9.90. The lowest BCUT2D eigenvalue weighted by atomic mass is 10.2. The van der Waals surface area contributed by atoms with Crippen LogP contribution in [-0.2, 0) is 6.42 Å². The van der Waals surface area contributed by atoms with E-state index in [1.54, 1.807) is 23.5 Å². The Bertz CT molecular complexity index is 1160. The molecule has 2 aromatic carbocycles. The molecule has 0 bridgehead atoms. The molecule has 0 aliphatic carbocycles. The summed E-state index contributed by atoms with van der Waals surface area (Å²) in [6.07, 6.45) is 2.60. The minimum atomic E-state index is 0.486. The summed E-state index contributed by atoms with van der Waals surface area (Å²) in [6, 6.07) is 16.1. The molecule has 4 rings (SSSR count). The Hall–Kier alpha value is -2.98. The molecule has 0 fully saturated rings. The molecular weight excluding hydrogens is 504 g/mol. The van der Waals surface area contributed by atoms with Crippen molar-refractivity contribution < 1.29 is 9.47 Å². The molecule has 0 aliphatic rings. The second-order valence-electron chi connectivity index (χ2n) is 8.20. The van der Waals surface area contributed by atoms with Gasteiger partial charge in [-0.3, -0.25) is 9.13 Å². The lowest BCUT2D eigenvalue weighted by molar-refractivity contribution is 0.340. The van der Waals surface area contributed by atoms with Gasteiger partial charge in [0, 0.05) is 22.9 Å². The Morgan fingerprint density at radius 1 is 0.595 bits per heavy atom. The molecule has 37 heavy (non-hydrogen) atoms. The topological polar surface area (TPSA) is 79.9 Å². The maximum absolute atomic E-state index is 5.64. The van der Waals surface area contributed by atoms with Crippen molar-refractivity contribution in [1.29, 1.82) is 0 Å². The number of nitrogens with zero attached hydrogens (tertiary/aromatic N) is 6. The van der Waals surface area contributed by atoms with Crippen LogP contribution in [0.2, 0.25) is 0 Å². The highest BCUT2D eigenvalue weighted by Crippen LogP contribution is 2.28. The van der Waals surface area contributed by atoms with Crippen LogP contribution in [0.1, 0.15) is 52.2 Å². The zero-order chi connectivity index (χ0) is 26.0. The number of thioether (sulfide) groups is 2. The van der Waals surface area contributed by atoms with Crippen molar-refractivity contribution in [3.05, 3.63) is 60.2 Å². The average Bonchev–Trinajstić information content (AvgIpc) is 3.51. The average molecular weight is 539 g/mol. The molecular formula is C27H34N6O2S2. The zero-order valence-electron chi connectivity index (χ0n) is 21.9. The first-order valence-electron chi connectivity index (χ1n) is 12.8. The lowest BCUT2D eigenvalue weighted by Gasteiger charge is -2.13. The Morgan fingerprint density at radius 3 is 1.35 bits per heavy atom. The highest BCUT2D eigenvalue weighted by atomic mass is 32.2. The molecule has 0 N–H and O–H groups in total. The van der Waals surface area contributed by atoms with Gasteiger partial charge in [0.25, 0.3) is 0 Å². The van der Waals surface area contributed by atoms with Gasteiger partial charge in [-0.05, 0) is 75.2 Å². The maximum atomic E-state index is 5.64. The van der Waals surface area contributed by atoms with Gasteiger partial charge in [0.1, 0.15) is 23.1 Å². The minimum Gasteiger partial charge on any atom is -0.494 e. The normalized spacial score (nSPS) is 11.1. The Morgan fingerprint density at radius 2 is 1.00 bits per heavy atom. The molecule has 0 amide bonds. The summed E-state index contributed by atoms with van der Waals surface area (Å²) in [5, 5.41) is 20.0. The van der Waals surface area contributed by atoms with Crippen LogP contribution in [0, 0.1) is 0 Å². The molecule has 0 atom stereocenters. The van der Waals surface area contributed by atoms with Crippen LogP contribution < -0.4 is 9.47 Å². The van der Waals surface area contributed by atoms with Crippen LogP contribution in [-0.4, -0.2) is 54.2 Å². The second-order valence-corrected chi connectivity index (χ2v) is 10.3. The second kappa shape index (κ2) is 13.5. The molecule has 0 aliphatic heterocycles. The molecule has 10 heteroatoms. The predicted octanol–water partition coefficient (Wildman–Crippen LogP) is 6.24. The summed E-state index contributed by atoms with van der Waals surface area (Å²) in [4.78, 5) is 0. The first-order chi connectivity index (χ1) is 18.2. The van der Waals surface area contributed by atoms with Crippen LogP contribution in [0.15, 0.2) is 58.8 Å². The largest absolute Gasteiger partial charge is 0.494 e. The highest BCUT2D eigenvalue weighted by molar-refractivity contribution is 7.99. The molecule has 8 nitrogen and oxygen atoms in total. The Labute approximate surface area is 227 Å². The number of ether oxygens (including phenoxy) is 2. The summed E-state index contributed by atoms with van der Waals surface area (Å²) < 4.78 is 15.5. The number of aromatic nitrogens is 6. The number of benzene rings is 2. The monoisotopic (exact) mass is 538 g/mol. The first-order valence-corrected chi connectivity index (χ1v) is 14.8. The number of hydrogen-bond acceptors (Lipinski definition) is 8. The van der Waals surface area contributed by atoms with Gasteiger partial charge in [-0.2, -0.15) is 0 Å². The van der Waals surface area contributed by atoms with Gasteiger partial charge in [0.05, 0.1) is 19.6 Å². The summed E-state index contributed by atoms with van der Waals surface area (Å²) >= 11 is 3.42. The predicted molar refractivity (Wildman–Crippen MR) is 150 cm³/mol. The smallest absolute Gasteiger partial charge is 0.195 e. The lowest BCUT2D eigenvalue weighted by Crippen LogP contribution is -2.09. The fourth-order valence-electron chi connectivity index (χ4n) is 3.78. The van der Waals surface area contributed by atoms with Crippen molar-refractivity contribution in [1.82, 2.24) is 29.5 Å². The van der Waals surface area contributed by atoms with Crippen molar-refractivity contribution in [3.8, 4) is 22.9 Å². The highest BCUT2D eigenvalue weighted by Gasteiger charge is 2.20. The summed E-state index contributed by atoms with van der Waals surface area (Å²) in [6.45, 7) is 9.57. The van der Waals surface area contributed by atoms with Gasteiger partial charge in [0.2, 0.25) is 0 Å². The van der Waals surface area contributed by atoms with Crippen molar-refractivity contribution in [2.75, 3.05) is 24.7 Å². The van der Waals surface area contributed by atoms with Gasteiger partial charge >= 0.3 is 0 Å². The van der Waals surface area contributed by atoms with E-state index in [4.69, 9.17) is 9.47 Å². The molecule has 2 aromatic heterocycles. The van der Waals surface area contributed by atoms with E-state index in [9.17, 15) is 0 Å². The van der Waals surface area contributed by atoms with Crippen molar-refractivity contribution in [2.45, 2.75) is 57.3 Å². The minimum absolute atomic E-state index is 0.486. The first kappa shape index (κ1) is 27.1. The standard InChI is InChI=1S/C27H34N6O2S2/c1-5-17-36-26-30-28-24(32(26)20-9-13-22(14-10-20)34-7-3)19-25-29-31-27(37-18-6-2)33(25)21-11-15-23(16-12-21)35-8-4/h9-16H,5-8,17-19H2,1-4H3. The van der Waals surface area contributed by atoms with Gasteiger partial charge in [-0.1, -0.05) is 37.4 Å². The molecule has 0 saturated carbocycles. The van der Waals surface area contributed by atoms with Gasteiger partial charge < -0.3 is 9.47 Å².